The van der Waals surface area contributed by atoms with Crippen LogP contribution in [0, 0.1) is 10.1 Å². The number of carboxylic acids is 1. The molecule has 8 nitrogen and oxygen atoms in total. The lowest BCUT2D eigenvalue weighted by Crippen LogP contribution is -2.31. The number of carbonyl (C=O) groups is 1. The summed E-state index contributed by atoms with van der Waals surface area (Å²) in [6, 6.07) is 1.66. The monoisotopic (exact) mass is 294 g/mol. The summed E-state index contributed by atoms with van der Waals surface area (Å²) in [7, 11) is 0. The van der Waals surface area contributed by atoms with E-state index >= 15 is 0 Å². The zero-order chi connectivity index (χ0) is 15.4. The van der Waals surface area contributed by atoms with Gasteiger partial charge in [0.05, 0.1) is 4.92 Å². The molecule has 0 atom stereocenters. The van der Waals surface area contributed by atoms with E-state index < -0.39 is 10.9 Å². The second-order valence-electron chi connectivity index (χ2n) is 4.94. The predicted molar refractivity (Wildman–Crippen MR) is 76.6 cm³/mol. The lowest BCUT2D eigenvalue weighted by atomic mass is 10.2. The number of nitrogens with one attached hydrogen (secondary N) is 1. The molecule has 1 aliphatic carbocycles. The van der Waals surface area contributed by atoms with Gasteiger partial charge in [0.25, 0.3) is 5.69 Å². The van der Waals surface area contributed by atoms with E-state index in [-0.39, 0.29) is 17.1 Å². The second kappa shape index (κ2) is 6.49. The fraction of sp³-hybridized carbons (Fsp3) is 0.538. The maximum Gasteiger partial charge on any atom is 0.339 e. The Morgan fingerprint density at radius 3 is 2.86 bits per heavy atom. The maximum absolute atomic E-state index is 11.2. The van der Waals surface area contributed by atoms with Crippen LogP contribution in [0.1, 0.15) is 30.1 Å². The topological polar surface area (TPSA) is 109 Å². The van der Waals surface area contributed by atoms with Gasteiger partial charge in [-0.15, -0.1) is 0 Å². The SMILES string of the molecule is CCN(CCNc1ncc([N+](=O)[O-])cc1C(=O)O)C1CC1. The van der Waals surface area contributed by atoms with Crippen molar-refractivity contribution in [2.24, 2.45) is 0 Å². The molecule has 0 bridgehead atoms. The molecule has 0 unspecified atom stereocenters. The van der Waals surface area contributed by atoms with Gasteiger partial charge in [-0.2, -0.15) is 0 Å². The summed E-state index contributed by atoms with van der Waals surface area (Å²) in [5.74, 6) is -1.07. The van der Waals surface area contributed by atoms with Crippen LogP contribution in [0.5, 0.6) is 0 Å². The van der Waals surface area contributed by atoms with Gasteiger partial charge in [0.1, 0.15) is 17.6 Å². The first-order chi connectivity index (χ1) is 10.0. The van der Waals surface area contributed by atoms with E-state index in [1.165, 1.54) is 12.8 Å². The summed E-state index contributed by atoms with van der Waals surface area (Å²) in [5.41, 5.74) is -0.509. The van der Waals surface area contributed by atoms with Gasteiger partial charge in [0.15, 0.2) is 0 Å². The van der Waals surface area contributed by atoms with Crippen molar-refractivity contribution in [2.75, 3.05) is 25.0 Å². The number of hydrogen-bond acceptors (Lipinski definition) is 6. The number of likely N-dealkylation sites (N-methyl/N-ethyl adjacent to an activating group) is 1. The Morgan fingerprint density at radius 1 is 1.62 bits per heavy atom. The molecule has 0 aromatic carbocycles. The van der Waals surface area contributed by atoms with Crippen molar-refractivity contribution < 1.29 is 14.8 Å². The molecule has 2 rings (SSSR count). The third-order valence-corrected chi connectivity index (χ3v) is 3.48. The van der Waals surface area contributed by atoms with Crippen molar-refractivity contribution in [3.8, 4) is 0 Å². The van der Waals surface area contributed by atoms with Crippen LogP contribution in [0.4, 0.5) is 11.5 Å². The Balaban J connectivity index is 2.01. The van der Waals surface area contributed by atoms with Crippen molar-refractivity contribution in [3.63, 3.8) is 0 Å². The van der Waals surface area contributed by atoms with Gasteiger partial charge in [-0.25, -0.2) is 9.78 Å². The van der Waals surface area contributed by atoms with E-state index in [0.29, 0.717) is 12.6 Å². The molecule has 2 N–H and O–H groups in total. The zero-order valence-electron chi connectivity index (χ0n) is 11.8. The first-order valence-corrected chi connectivity index (χ1v) is 6.88. The first kappa shape index (κ1) is 15.2. The predicted octanol–water partition coefficient (Wildman–Crippen LogP) is 1.58. The standard InChI is InChI=1S/C13H18N4O4/c1-2-16(9-3-4-9)6-5-14-12-11(13(18)19)7-10(8-15-12)17(20)21/h7-9H,2-6H2,1H3,(H,14,15)(H,18,19). The Kier molecular flexibility index (Phi) is 4.69. The van der Waals surface area contributed by atoms with E-state index in [0.717, 1.165) is 25.4 Å². The number of aromatic carboxylic acids is 1. The van der Waals surface area contributed by atoms with Crippen LogP contribution in [0.3, 0.4) is 0 Å². The minimum absolute atomic E-state index is 0.167. The fourth-order valence-corrected chi connectivity index (χ4v) is 2.21. The first-order valence-electron chi connectivity index (χ1n) is 6.88. The highest BCUT2D eigenvalue weighted by atomic mass is 16.6. The molecule has 0 amide bonds. The van der Waals surface area contributed by atoms with Crippen LogP contribution in [-0.2, 0) is 0 Å². The average molecular weight is 294 g/mol. The molecule has 1 saturated carbocycles. The Morgan fingerprint density at radius 2 is 2.33 bits per heavy atom. The van der Waals surface area contributed by atoms with Gasteiger partial charge in [0, 0.05) is 25.2 Å². The van der Waals surface area contributed by atoms with E-state index in [1.807, 2.05) is 0 Å². The number of carboxylic acid groups (broad SMARTS) is 1. The number of nitro groups is 1. The van der Waals surface area contributed by atoms with Crippen LogP contribution in [-0.4, -0.2) is 51.6 Å². The summed E-state index contributed by atoms with van der Waals surface area (Å²) in [4.78, 5) is 27.3. The number of pyridine rings is 1. The summed E-state index contributed by atoms with van der Waals surface area (Å²) in [5, 5.41) is 22.7. The normalized spacial score (nSPS) is 14.2. The largest absolute Gasteiger partial charge is 0.478 e. The van der Waals surface area contributed by atoms with Crippen LogP contribution in [0.15, 0.2) is 12.3 Å². The summed E-state index contributed by atoms with van der Waals surface area (Å²) >= 11 is 0. The van der Waals surface area contributed by atoms with Crippen molar-refractivity contribution in [1.29, 1.82) is 0 Å². The highest BCUT2D eigenvalue weighted by Gasteiger charge is 2.27. The molecule has 21 heavy (non-hydrogen) atoms. The van der Waals surface area contributed by atoms with Gasteiger partial charge in [0.2, 0.25) is 0 Å². The Hall–Kier alpha value is -2.22. The highest BCUT2D eigenvalue weighted by Crippen LogP contribution is 2.26. The molecule has 8 heteroatoms. The molecule has 1 aromatic heterocycles. The van der Waals surface area contributed by atoms with Crippen LogP contribution < -0.4 is 5.32 Å². The average Bonchev–Trinajstić information content (AvgIpc) is 3.28. The molecule has 0 saturated heterocycles. The van der Waals surface area contributed by atoms with Crippen LogP contribution in [0.2, 0.25) is 0 Å². The summed E-state index contributed by atoms with van der Waals surface area (Å²) in [6.45, 7) is 4.38. The number of aromatic nitrogens is 1. The number of anilines is 1. The summed E-state index contributed by atoms with van der Waals surface area (Å²) in [6.07, 6.45) is 3.49. The lowest BCUT2D eigenvalue weighted by Gasteiger charge is -2.20. The number of hydrogen-bond donors (Lipinski definition) is 2. The molecule has 114 valence electrons. The van der Waals surface area contributed by atoms with E-state index in [9.17, 15) is 14.9 Å². The lowest BCUT2D eigenvalue weighted by molar-refractivity contribution is -0.385. The van der Waals surface area contributed by atoms with Crippen molar-refractivity contribution in [1.82, 2.24) is 9.88 Å². The number of rotatable bonds is 8. The van der Waals surface area contributed by atoms with Crippen LogP contribution >= 0.6 is 0 Å². The molecule has 1 aromatic rings. The molecule has 1 heterocycles. The molecule has 0 spiro atoms. The smallest absolute Gasteiger partial charge is 0.339 e. The molecule has 1 fully saturated rings. The number of nitrogens with zero attached hydrogens (tertiary/aromatic N) is 3. The molecular formula is C13H18N4O4. The van der Waals surface area contributed by atoms with Gasteiger partial charge in [-0.05, 0) is 19.4 Å². The molecule has 0 radical (unpaired) electrons. The second-order valence-corrected chi connectivity index (χ2v) is 4.94. The van der Waals surface area contributed by atoms with E-state index in [1.54, 1.807) is 0 Å². The summed E-state index contributed by atoms with van der Waals surface area (Å²) < 4.78 is 0. The van der Waals surface area contributed by atoms with Crippen molar-refractivity contribution in [2.45, 2.75) is 25.8 Å². The van der Waals surface area contributed by atoms with Gasteiger partial charge in [-0.3, -0.25) is 15.0 Å². The Bertz CT molecular complexity index is 545. The molecule has 0 aliphatic heterocycles. The van der Waals surface area contributed by atoms with Gasteiger partial charge in [-0.1, -0.05) is 6.92 Å². The van der Waals surface area contributed by atoms with Crippen LogP contribution in [0.25, 0.3) is 0 Å². The third-order valence-electron chi connectivity index (χ3n) is 3.48. The van der Waals surface area contributed by atoms with Gasteiger partial charge < -0.3 is 10.4 Å². The third kappa shape index (κ3) is 3.88. The Labute approximate surface area is 121 Å². The highest BCUT2D eigenvalue weighted by molar-refractivity contribution is 5.93. The van der Waals surface area contributed by atoms with Crippen molar-refractivity contribution in [3.05, 3.63) is 27.9 Å². The zero-order valence-corrected chi connectivity index (χ0v) is 11.8. The minimum atomic E-state index is -1.23. The van der Waals surface area contributed by atoms with E-state index in [4.69, 9.17) is 5.11 Å². The van der Waals surface area contributed by atoms with Crippen molar-refractivity contribution >= 4 is 17.5 Å². The quantitative estimate of drug-likeness (QED) is 0.553. The van der Waals surface area contributed by atoms with Gasteiger partial charge >= 0.3 is 5.97 Å². The maximum atomic E-state index is 11.2. The molecular weight excluding hydrogens is 276 g/mol. The minimum Gasteiger partial charge on any atom is -0.478 e. The van der Waals surface area contributed by atoms with E-state index in [2.05, 4.69) is 22.1 Å². The fourth-order valence-electron chi connectivity index (χ4n) is 2.21. The molecule has 1 aliphatic rings.